The summed E-state index contributed by atoms with van der Waals surface area (Å²) in [6, 6.07) is 9.24. The highest BCUT2D eigenvalue weighted by atomic mass is 16.3. The molecule has 0 heterocycles. The molecule has 0 aliphatic carbocycles. The van der Waals surface area contributed by atoms with E-state index in [1.807, 2.05) is 30.3 Å². The number of benzene rings is 1. The number of aliphatic hydroxyl groups is 1. The van der Waals surface area contributed by atoms with E-state index in [9.17, 15) is 9.90 Å². The van der Waals surface area contributed by atoms with Crippen LogP contribution in [-0.2, 0) is 4.79 Å². The van der Waals surface area contributed by atoms with E-state index in [4.69, 9.17) is 0 Å². The lowest BCUT2D eigenvalue weighted by Crippen LogP contribution is -2.16. The van der Waals surface area contributed by atoms with Gasteiger partial charge in [0.25, 0.3) is 0 Å². The van der Waals surface area contributed by atoms with Crippen LogP contribution in [0.2, 0.25) is 0 Å². The summed E-state index contributed by atoms with van der Waals surface area (Å²) in [6.45, 7) is 3.23. The number of carbonyl (C=O) groups is 1. The van der Waals surface area contributed by atoms with Gasteiger partial charge in [0.15, 0.2) is 0 Å². The molecule has 0 bridgehead atoms. The maximum absolute atomic E-state index is 11.0. The number of hydrogen-bond donors (Lipinski definition) is 1. The minimum Gasteiger partial charge on any atom is -0.388 e. The Morgan fingerprint density at radius 1 is 1.31 bits per heavy atom. The molecule has 0 aliphatic rings. The number of carbonyl (C=O) groups excluding carboxylic acids is 1. The molecule has 2 nitrogen and oxygen atoms in total. The standard InChI is InChI=1S/C11H14O2/c1-8(9(2)12)11(13)10-6-4-3-5-7-10/h3-8,11,13H,1-2H3/t8-,11-/m1/s1. The van der Waals surface area contributed by atoms with Crippen molar-refractivity contribution >= 4 is 5.78 Å². The average Bonchev–Trinajstić information content (AvgIpc) is 2.17. The van der Waals surface area contributed by atoms with Crippen LogP contribution in [0.1, 0.15) is 25.5 Å². The minimum atomic E-state index is -0.682. The van der Waals surface area contributed by atoms with Crippen molar-refractivity contribution < 1.29 is 9.90 Å². The number of hydrogen-bond acceptors (Lipinski definition) is 2. The Hall–Kier alpha value is -1.15. The molecule has 0 amide bonds. The normalized spacial score (nSPS) is 15.0. The summed E-state index contributed by atoms with van der Waals surface area (Å²) < 4.78 is 0. The highest BCUT2D eigenvalue weighted by molar-refractivity contribution is 5.78. The Bertz CT molecular complexity index is 279. The van der Waals surface area contributed by atoms with Crippen molar-refractivity contribution in [3.63, 3.8) is 0 Å². The van der Waals surface area contributed by atoms with Crippen molar-refractivity contribution in [2.75, 3.05) is 0 Å². The Kier molecular flexibility index (Phi) is 3.20. The Morgan fingerprint density at radius 2 is 1.85 bits per heavy atom. The van der Waals surface area contributed by atoms with Gasteiger partial charge in [-0.05, 0) is 12.5 Å². The van der Waals surface area contributed by atoms with Crippen molar-refractivity contribution in [1.82, 2.24) is 0 Å². The first-order chi connectivity index (χ1) is 6.13. The number of Topliss-reactive ketones (excluding diaryl/α,β-unsaturated/α-hetero) is 1. The SMILES string of the molecule is CC(=O)[C@@H](C)[C@@H](O)c1ccccc1. The Balaban J connectivity index is 2.79. The lowest BCUT2D eigenvalue weighted by atomic mass is 9.95. The highest BCUT2D eigenvalue weighted by Gasteiger charge is 2.19. The van der Waals surface area contributed by atoms with Gasteiger partial charge in [0.2, 0.25) is 0 Å². The summed E-state index contributed by atoms with van der Waals surface area (Å²) in [5, 5.41) is 9.74. The van der Waals surface area contributed by atoms with Crippen molar-refractivity contribution in [2.24, 2.45) is 5.92 Å². The van der Waals surface area contributed by atoms with E-state index >= 15 is 0 Å². The third kappa shape index (κ3) is 2.39. The number of ketones is 1. The van der Waals surface area contributed by atoms with Crippen LogP contribution in [0.5, 0.6) is 0 Å². The second kappa shape index (κ2) is 4.19. The lowest BCUT2D eigenvalue weighted by molar-refractivity contribution is -0.123. The predicted molar refractivity (Wildman–Crippen MR) is 51.2 cm³/mol. The minimum absolute atomic E-state index is 0.0105. The van der Waals surface area contributed by atoms with Gasteiger partial charge in [0.1, 0.15) is 5.78 Å². The van der Waals surface area contributed by atoms with Crippen molar-refractivity contribution in [1.29, 1.82) is 0 Å². The van der Waals surface area contributed by atoms with Gasteiger partial charge in [0, 0.05) is 5.92 Å². The molecule has 0 aromatic heterocycles. The summed E-state index contributed by atoms with van der Waals surface area (Å²) in [4.78, 5) is 11.0. The van der Waals surface area contributed by atoms with Gasteiger partial charge in [-0.25, -0.2) is 0 Å². The average molecular weight is 178 g/mol. The molecule has 1 aromatic rings. The van der Waals surface area contributed by atoms with E-state index < -0.39 is 6.10 Å². The second-order valence-electron chi connectivity index (χ2n) is 3.25. The zero-order chi connectivity index (χ0) is 9.84. The van der Waals surface area contributed by atoms with Crippen LogP contribution < -0.4 is 0 Å². The number of rotatable bonds is 3. The van der Waals surface area contributed by atoms with E-state index in [0.29, 0.717) is 0 Å². The molecule has 1 aromatic carbocycles. The molecule has 1 rings (SSSR count). The van der Waals surface area contributed by atoms with Crippen molar-refractivity contribution in [3.8, 4) is 0 Å². The maximum Gasteiger partial charge on any atom is 0.135 e. The molecule has 0 unspecified atom stereocenters. The topological polar surface area (TPSA) is 37.3 Å². The van der Waals surface area contributed by atoms with E-state index in [-0.39, 0.29) is 11.7 Å². The second-order valence-corrected chi connectivity index (χ2v) is 3.25. The van der Waals surface area contributed by atoms with Gasteiger partial charge in [-0.2, -0.15) is 0 Å². The first-order valence-corrected chi connectivity index (χ1v) is 4.36. The molecular weight excluding hydrogens is 164 g/mol. The van der Waals surface area contributed by atoms with E-state index in [1.54, 1.807) is 6.92 Å². The van der Waals surface area contributed by atoms with Crippen molar-refractivity contribution in [2.45, 2.75) is 20.0 Å². The third-order valence-corrected chi connectivity index (χ3v) is 2.26. The number of aliphatic hydroxyl groups excluding tert-OH is 1. The van der Waals surface area contributed by atoms with Crippen molar-refractivity contribution in [3.05, 3.63) is 35.9 Å². The summed E-state index contributed by atoms with van der Waals surface area (Å²) >= 11 is 0. The largest absolute Gasteiger partial charge is 0.388 e. The Labute approximate surface area is 78.2 Å². The van der Waals surface area contributed by atoms with Gasteiger partial charge in [0.05, 0.1) is 6.10 Å². The predicted octanol–water partition coefficient (Wildman–Crippen LogP) is 1.95. The van der Waals surface area contributed by atoms with E-state index in [2.05, 4.69) is 0 Å². The van der Waals surface area contributed by atoms with Crippen LogP contribution in [0.25, 0.3) is 0 Å². The molecule has 0 fully saturated rings. The molecule has 2 atom stereocenters. The van der Waals surface area contributed by atoms with Crippen LogP contribution in [-0.4, -0.2) is 10.9 Å². The van der Waals surface area contributed by atoms with Crippen LogP contribution in [0.15, 0.2) is 30.3 Å². The summed E-state index contributed by atoms with van der Waals surface area (Å²) in [6.07, 6.45) is -0.682. The van der Waals surface area contributed by atoms with Crippen LogP contribution in [0, 0.1) is 5.92 Å². The quantitative estimate of drug-likeness (QED) is 0.768. The van der Waals surface area contributed by atoms with Crippen LogP contribution >= 0.6 is 0 Å². The van der Waals surface area contributed by atoms with Crippen LogP contribution in [0.3, 0.4) is 0 Å². The Morgan fingerprint density at radius 3 is 2.31 bits per heavy atom. The first-order valence-electron chi connectivity index (χ1n) is 4.36. The molecular formula is C11H14O2. The molecule has 2 heteroatoms. The molecule has 0 saturated heterocycles. The highest BCUT2D eigenvalue weighted by Crippen LogP contribution is 2.21. The smallest absolute Gasteiger partial charge is 0.135 e. The van der Waals surface area contributed by atoms with Gasteiger partial charge in [-0.3, -0.25) is 4.79 Å². The zero-order valence-electron chi connectivity index (χ0n) is 7.90. The first kappa shape index (κ1) is 9.93. The molecule has 0 aliphatic heterocycles. The van der Waals surface area contributed by atoms with Gasteiger partial charge >= 0.3 is 0 Å². The zero-order valence-corrected chi connectivity index (χ0v) is 7.90. The summed E-state index contributed by atoms with van der Waals surface area (Å²) in [5.74, 6) is -0.321. The fraction of sp³-hybridized carbons (Fsp3) is 0.364. The third-order valence-electron chi connectivity index (χ3n) is 2.26. The summed E-state index contributed by atoms with van der Waals surface area (Å²) in [7, 11) is 0. The van der Waals surface area contributed by atoms with Gasteiger partial charge < -0.3 is 5.11 Å². The van der Waals surface area contributed by atoms with Gasteiger partial charge in [-0.1, -0.05) is 37.3 Å². The summed E-state index contributed by atoms with van der Waals surface area (Å²) in [5.41, 5.74) is 0.796. The van der Waals surface area contributed by atoms with Crippen LogP contribution in [0.4, 0.5) is 0 Å². The fourth-order valence-electron chi connectivity index (χ4n) is 1.16. The molecule has 0 spiro atoms. The van der Waals surface area contributed by atoms with E-state index in [0.717, 1.165) is 5.56 Å². The molecule has 13 heavy (non-hydrogen) atoms. The monoisotopic (exact) mass is 178 g/mol. The lowest BCUT2D eigenvalue weighted by Gasteiger charge is -2.15. The fourth-order valence-corrected chi connectivity index (χ4v) is 1.16. The maximum atomic E-state index is 11.0. The molecule has 1 N–H and O–H groups in total. The molecule has 0 saturated carbocycles. The van der Waals surface area contributed by atoms with Gasteiger partial charge in [-0.15, -0.1) is 0 Å². The molecule has 0 radical (unpaired) electrons. The molecule has 70 valence electrons. The van der Waals surface area contributed by atoms with E-state index in [1.165, 1.54) is 6.92 Å².